The number of urea groups is 1. The van der Waals surface area contributed by atoms with Gasteiger partial charge in [0.25, 0.3) is 5.95 Å². The molecule has 1 aliphatic carbocycles. The molecule has 2 aromatic carbocycles. The monoisotopic (exact) mass is 577 g/mol. The minimum absolute atomic E-state index is 0.0267. The van der Waals surface area contributed by atoms with Gasteiger partial charge in [0.2, 0.25) is 8.32 Å². The molecule has 2 amide bonds. The summed E-state index contributed by atoms with van der Waals surface area (Å²) in [5.41, 5.74) is 2.56. The summed E-state index contributed by atoms with van der Waals surface area (Å²) in [6.45, 7) is 12.0. The Bertz CT molecular complexity index is 1340. The molecule has 1 aromatic heterocycles. The van der Waals surface area contributed by atoms with Crippen molar-refractivity contribution in [1.29, 1.82) is 0 Å². The second-order valence-corrected chi connectivity index (χ2v) is 17.5. The van der Waals surface area contributed by atoms with Crippen LogP contribution >= 0.6 is 11.6 Å². The number of rotatable bonds is 7. The van der Waals surface area contributed by atoms with Gasteiger partial charge in [0.15, 0.2) is 0 Å². The van der Waals surface area contributed by atoms with E-state index in [0.717, 1.165) is 24.0 Å². The van der Waals surface area contributed by atoms with E-state index in [9.17, 15) is 4.79 Å². The third-order valence-electron chi connectivity index (χ3n) is 8.44. The van der Waals surface area contributed by atoms with Crippen LogP contribution in [0.1, 0.15) is 64.0 Å². The van der Waals surface area contributed by atoms with Crippen LogP contribution in [0, 0.1) is 0 Å². The Morgan fingerprint density at radius 1 is 1.02 bits per heavy atom. The molecule has 40 heavy (non-hydrogen) atoms. The molecule has 2 heterocycles. The predicted molar refractivity (Wildman–Crippen MR) is 165 cm³/mol. The van der Waals surface area contributed by atoms with Crippen molar-refractivity contribution < 1.29 is 9.32 Å². The van der Waals surface area contributed by atoms with Crippen LogP contribution < -0.4 is 14.9 Å². The summed E-state index contributed by atoms with van der Waals surface area (Å²) < 4.78 is 6.92. The summed E-state index contributed by atoms with van der Waals surface area (Å²) in [7, 11) is -2.18. The van der Waals surface area contributed by atoms with Gasteiger partial charge >= 0.3 is 6.03 Å². The zero-order chi connectivity index (χ0) is 28.5. The Morgan fingerprint density at radius 3 is 2.38 bits per heavy atom. The van der Waals surface area contributed by atoms with E-state index in [0.29, 0.717) is 35.6 Å². The molecule has 212 valence electrons. The van der Waals surface area contributed by atoms with Crippen molar-refractivity contribution in [3.8, 4) is 0 Å². The summed E-state index contributed by atoms with van der Waals surface area (Å²) in [6.07, 6.45) is 7.52. The lowest BCUT2D eigenvalue weighted by atomic mass is 9.95. The van der Waals surface area contributed by atoms with Crippen LogP contribution in [-0.2, 0) is 17.6 Å². The molecular weight excluding hydrogens is 538 g/mol. The van der Waals surface area contributed by atoms with Gasteiger partial charge in [0.05, 0.1) is 29.8 Å². The smallest absolute Gasteiger partial charge is 0.316 e. The van der Waals surface area contributed by atoms with Gasteiger partial charge < -0.3 is 4.53 Å². The van der Waals surface area contributed by atoms with Gasteiger partial charge in [-0.25, -0.2) is 14.8 Å². The van der Waals surface area contributed by atoms with Crippen LogP contribution in [-0.4, -0.2) is 30.4 Å². The summed E-state index contributed by atoms with van der Waals surface area (Å²) in [6, 6.07) is 17.5. The lowest BCUT2D eigenvalue weighted by molar-refractivity contribution is 0.188. The number of nitrogens with zero attached hydrogens (tertiary/aromatic N) is 5. The fourth-order valence-corrected chi connectivity index (χ4v) is 6.29. The van der Waals surface area contributed by atoms with E-state index in [-0.39, 0.29) is 17.1 Å². The molecule has 0 spiro atoms. The number of hydrogen-bond acceptors (Lipinski definition) is 5. The van der Waals surface area contributed by atoms with Gasteiger partial charge in [-0.15, -0.1) is 0 Å². The molecule has 0 radical (unpaired) electrons. The van der Waals surface area contributed by atoms with Crippen LogP contribution in [0.4, 0.5) is 22.2 Å². The summed E-state index contributed by atoms with van der Waals surface area (Å²) in [5.74, 6) is 1.16. The third-order valence-corrected chi connectivity index (χ3v) is 13.0. The topological polar surface area (TPSA) is 61.8 Å². The van der Waals surface area contributed by atoms with Gasteiger partial charge in [-0.3, -0.25) is 9.80 Å². The van der Waals surface area contributed by atoms with Crippen LogP contribution in [0.25, 0.3) is 0 Å². The molecule has 3 aromatic rings. The molecule has 0 atom stereocenters. The Labute approximate surface area is 244 Å². The minimum Gasteiger partial charge on any atom is -0.316 e. The summed E-state index contributed by atoms with van der Waals surface area (Å²) in [5, 5.41) is 2.56. The second kappa shape index (κ2) is 11.5. The highest BCUT2D eigenvalue weighted by Crippen LogP contribution is 2.40. The molecule has 2 aliphatic rings. The van der Waals surface area contributed by atoms with E-state index in [1.165, 1.54) is 19.3 Å². The predicted octanol–water partition coefficient (Wildman–Crippen LogP) is 8.35. The van der Waals surface area contributed by atoms with Gasteiger partial charge in [-0.05, 0) is 48.7 Å². The van der Waals surface area contributed by atoms with Gasteiger partial charge in [0.1, 0.15) is 5.82 Å². The zero-order valence-electron chi connectivity index (χ0n) is 24.2. The number of hydroxylamine groups is 1. The minimum atomic E-state index is -2.18. The van der Waals surface area contributed by atoms with Crippen LogP contribution in [0.2, 0.25) is 23.2 Å². The van der Waals surface area contributed by atoms with E-state index >= 15 is 0 Å². The maximum Gasteiger partial charge on any atom is 0.330 e. The standard InChI is InChI=1S/C31H40ClN5O2Si/c1-31(2,3)40(4,5)39-37(25-16-10-7-11-17-25)29-33-20-24-22-35(27-19-13-12-18-26(27)32)30(38)36(28(24)34-29)21-23-14-8-6-9-15-23/h6,8-9,12-15,18-20,25H,7,10-11,16-17,21-22H2,1-5H3. The molecule has 0 unspecified atom stereocenters. The number of benzene rings is 2. The van der Waals surface area contributed by atoms with Crippen LogP contribution in [0.5, 0.6) is 0 Å². The molecule has 9 heteroatoms. The lowest BCUT2D eigenvalue weighted by Crippen LogP contribution is -2.51. The third kappa shape index (κ3) is 5.89. The van der Waals surface area contributed by atoms with Gasteiger partial charge in [-0.2, -0.15) is 4.98 Å². The molecule has 5 rings (SSSR count). The van der Waals surface area contributed by atoms with Crippen molar-refractivity contribution in [3.05, 3.63) is 76.9 Å². The molecule has 0 saturated heterocycles. The van der Waals surface area contributed by atoms with E-state index in [1.54, 1.807) is 15.9 Å². The molecule has 1 aliphatic heterocycles. The van der Waals surface area contributed by atoms with Crippen molar-refractivity contribution in [2.75, 3.05) is 14.9 Å². The zero-order valence-corrected chi connectivity index (χ0v) is 26.0. The number of aromatic nitrogens is 2. The average molecular weight is 578 g/mol. The average Bonchev–Trinajstić information content (AvgIpc) is 2.94. The Morgan fingerprint density at radius 2 is 1.70 bits per heavy atom. The Hall–Kier alpha value is -2.94. The fourth-order valence-electron chi connectivity index (χ4n) is 5.06. The number of carbonyl (C=O) groups is 1. The normalized spacial score (nSPS) is 16.7. The van der Waals surface area contributed by atoms with Crippen molar-refractivity contribution in [2.24, 2.45) is 0 Å². The SMILES string of the molecule is CC(C)(C)[Si](C)(C)ON(c1ncc2c(n1)N(Cc1ccccc1)C(=O)N(c1ccccc1Cl)C2)C1CCCCC1. The number of amides is 2. The van der Waals surface area contributed by atoms with Crippen molar-refractivity contribution >= 4 is 43.4 Å². The molecule has 1 saturated carbocycles. The lowest BCUT2D eigenvalue weighted by Gasteiger charge is -2.43. The molecule has 1 fully saturated rings. The highest BCUT2D eigenvalue weighted by Gasteiger charge is 2.42. The van der Waals surface area contributed by atoms with E-state index in [2.05, 4.69) is 33.9 Å². The first kappa shape index (κ1) is 28.6. The summed E-state index contributed by atoms with van der Waals surface area (Å²) >= 11 is 6.55. The number of para-hydroxylation sites is 1. The first-order valence-corrected chi connectivity index (χ1v) is 17.6. The first-order valence-electron chi connectivity index (χ1n) is 14.3. The van der Waals surface area contributed by atoms with E-state index in [4.69, 9.17) is 26.1 Å². The molecule has 7 nitrogen and oxygen atoms in total. The van der Waals surface area contributed by atoms with Crippen molar-refractivity contribution in [2.45, 2.75) is 90.1 Å². The van der Waals surface area contributed by atoms with Crippen LogP contribution in [0.15, 0.2) is 60.8 Å². The second-order valence-electron chi connectivity index (χ2n) is 12.4. The maximum absolute atomic E-state index is 14.1. The summed E-state index contributed by atoms with van der Waals surface area (Å²) in [4.78, 5) is 27.5. The fraction of sp³-hybridized carbons (Fsp3) is 0.452. The number of anilines is 3. The first-order chi connectivity index (χ1) is 19.0. The van der Waals surface area contributed by atoms with Crippen LogP contribution in [0.3, 0.4) is 0 Å². The number of fused-ring (bicyclic) bond motifs is 1. The number of carbonyl (C=O) groups excluding carboxylic acids is 1. The quantitative estimate of drug-likeness (QED) is 0.208. The van der Waals surface area contributed by atoms with E-state index in [1.807, 2.05) is 59.8 Å². The molecular formula is C31H40ClN5O2Si. The van der Waals surface area contributed by atoms with Gasteiger partial charge in [0, 0.05) is 11.8 Å². The Kier molecular flexibility index (Phi) is 8.22. The highest BCUT2D eigenvalue weighted by molar-refractivity contribution is 6.74. The Balaban J connectivity index is 1.57. The highest BCUT2D eigenvalue weighted by atomic mass is 35.5. The molecule has 0 N–H and O–H groups in total. The van der Waals surface area contributed by atoms with Gasteiger partial charge in [-0.1, -0.05) is 94.1 Å². The van der Waals surface area contributed by atoms with E-state index < -0.39 is 8.32 Å². The van der Waals surface area contributed by atoms with Crippen molar-refractivity contribution in [1.82, 2.24) is 9.97 Å². The molecule has 0 bridgehead atoms. The number of hydrogen-bond donors (Lipinski definition) is 0. The van der Waals surface area contributed by atoms with Crippen molar-refractivity contribution in [3.63, 3.8) is 0 Å². The largest absolute Gasteiger partial charge is 0.330 e. The number of halogens is 1. The maximum atomic E-state index is 14.1.